The first-order valence-electron chi connectivity index (χ1n) is 6.28. The van der Waals surface area contributed by atoms with Crippen LogP contribution in [0.4, 0.5) is 0 Å². The highest BCUT2D eigenvalue weighted by Gasteiger charge is 2.37. The summed E-state index contributed by atoms with van der Waals surface area (Å²) >= 11 is 0. The first-order valence-corrected chi connectivity index (χ1v) is 6.28. The smallest absolute Gasteiger partial charge is 0.0431 e. The first-order chi connectivity index (χ1) is 7.48. The molecule has 0 saturated carbocycles. The van der Waals surface area contributed by atoms with Gasteiger partial charge in [-0.2, -0.15) is 0 Å². The highest BCUT2D eigenvalue weighted by atomic mass is 15.3. The molecule has 0 aliphatic rings. The molecule has 0 aromatic heterocycles. The van der Waals surface area contributed by atoms with Crippen molar-refractivity contribution in [1.29, 1.82) is 0 Å². The summed E-state index contributed by atoms with van der Waals surface area (Å²) in [4.78, 5) is 2.29. The van der Waals surface area contributed by atoms with Crippen molar-refractivity contribution in [3.05, 3.63) is 12.2 Å². The summed E-state index contributed by atoms with van der Waals surface area (Å²) in [6.45, 7) is 10.7. The molecule has 0 aromatic rings. The van der Waals surface area contributed by atoms with E-state index in [2.05, 4.69) is 51.8 Å². The second-order valence-corrected chi connectivity index (χ2v) is 4.73. The fraction of sp³-hybridized carbons (Fsp3) is 0.846. The minimum atomic E-state index is 0.118. The van der Waals surface area contributed by atoms with Crippen molar-refractivity contribution in [1.82, 2.24) is 10.3 Å². The molecule has 0 radical (unpaired) electrons. The van der Waals surface area contributed by atoms with E-state index < -0.39 is 0 Å². The number of nitrogens with two attached hydrogens (primary N) is 1. The van der Waals surface area contributed by atoms with E-state index in [-0.39, 0.29) is 11.6 Å². The minimum absolute atomic E-state index is 0.118. The van der Waals surface area contributed by atoms with Crippen LogP contribution in [0.3, 0.4) is 0 Å². The van der Waals surface area contributed by atoms with Gasteiger partial charge in [-0.15, -0.1) is 0 Å². The molecule has 1 unspecified atom stereocenters. The van der Waals surface area contributed by atoms with E-state index in [1.165, 1.54) is 5.57 Å². The van der Waals surface area contributed by atoms with Crippen LogP contribution in [-0.2, 0) is 0 Å². The summed E-state index contributed by atoms with van der Waals surface area (Å²) in [5.74, 6) is 5.73. The zero-order valence-corrected chi connectivity index (χ0v) is 11.6. The second kappa shape index (κ2) is 7.05. The summed E-state index contributed by atoms with van der Waals surface area (Å²) in [6.07, 6.45) is 4.15. The number of rotatable bonds is 8. The molecule has 0 fully saturated rings. The summed E-state index contributed by atoms with van der Waals surface area (Å²) < 4.78 is 0. The lowest BCUT2D eigenvalue weighted by atomic mass is 9.80. The highest BCUT2D eigenvalue weighted by molar-refractivity contribution is 5.05. The monoisotopic (exact) mass is 227 g/mol. The predicted molar refractivity (Wildman–Crippen MR) is 72.2 cm³/mol. The van der Waals surface area contributed by atoms with Crippen LogP contribution in [0, 0.1) is 0 Å². The van der Waals surface area contributed by atoms with Gasteiger partial charge >= 0.3 is 0 Å². The van der Waals surface area contributed by atoms with Crippen molar-refractivity contribution < 1.29 is 0 Å². The van der Waals surface area contributed by atoms with Gasteiger partial charge in [0.15, 0.2) is 0 Å². The third-order valence-electron chi connectivity index (χ3n) is 3.96. The van der Waals surface area contributed by atoms with Crippen LogP contribution in [0.1, 0.15) is 46.5 Å². The molecule has 0 heterocycles. The molecule has 96 valence electrons. The Labute approximate surface area is 101 Å². The van der Waals surface area contributed by atoms with Crippen LogP contribution >= 0.6 is 0 Å². The van der Waals surface area contributed by atoms with Crippen LogP contribution in [0.2, 0.25) is 0 Å². The average Bonchev–Trinajstić information content (AvgIpc) is 2.28. The van der Waals surface area contributed by atoms with Crippen molar-refractivity contribution in [3.63, 3.8) is 0 Å². The predicted octanol–water partition coefficient (Wildman–Crippen LogP) is 2.30. The molecule has 3 N–H and O–H groups in total. The van der Waals surface area contributed by atoms with E-state index in [9.17, 15) is 0 Å². The molecular formula is C13H29N3. The van der Waals surface area contributed by atoms with Gasteiger partial charge in [0, 0.05) is 11.6 Å². The third kappa shape index (κ3) is 3.30. The molecule has 0 saturated heterocycles. The maximum absolute atomic E-state index is 5.73. The molecule has 0 spiro atoms. The number of nitrogens with one attached hydrogen (secondary N) is 1. The van der Waals surface area contributed by atoms with Crippen molar-refractivity contribution in [2.75, 3.05) is 14.1 Å². The number of hydrogen-bond donors (Lipinski definition) is 2. The Morgan fingerprint density at radius 1 is 1.31 bits per heavy atom. The summed E-state index contributed by atoms with van der Waals surface area (Å²) in [5, 5.41) is 0. The number of nitrogens with zero attached hydrogens (tertiary/aromatic N) is 1. The van der Waals surface area contributed by atoms with Crippen LogP contribution < -0.4 is 11.3 Å². The summed E-state index contributed by atoms with van der Waals surface area (Å²) in [7, 11) is 4.26. The number of hydrogen-bond acceptors (Lipinski definition) is 3. The maximum Gasteiger partial charge on any atom is 0.0431 e. The standard InChI is InChI=1S/C13H29N3/c1-7-11(4)10-12(15-14)13(8-2,9-3)16(5)6/h12,15H,4,7-10,14H2,1-3,5-6H3. The Balaban J connectivity index is 4.91. The number of hydrazine groups is 1. The van der Waals surface area contributed by atoms with Crippen molar-refractivity contribution in [2.45, 2.75) is 58.0 Å². The first kappa shape index (κ1) is 15.6. The number of likely N-dealkylation sites (N-methyl/N-ethyl adjacent to an activating group) is 1. The van der Waals surface area contributed by atoms with Crippen molar-refractivity contribution >= 4 is 0 Å². The Morgan fingerprint density at radius 2 is 1.81 bits per heavy atom. The Hall–Kier alpha value is -0.380. The minimum Gasteiger partial charge on any atom is -0.302 e. The second-order valence-electron chi connectivity index (χ2n) is 4.73. The molecule has 0 amide bonds. The zero-order valence-electron chi connectivity index (χ0n) is 11.6. The summed E-state index contributed by atoms with van der Waals surface area (Å²) in [5.41, 5.74) is 4.37. The molecule has 3 nitrogen and oxygen atoms in total. The summed E-state index contributed by atoms with van der Waals surface area (Å²) in [6, 6.07) is 0.268. The largest absolute Gasteiger partial charge is 0.302 e. The average molecular weight is 227 g/mol. The fourth-order valence-electron chi connectivity index (χ4n) is 2.52. The van der Waals surface area contributed by atoms with Gasteiger partial charge in [0.1, 0.15) is 0 Å². The third-order valence-corrected chi connectivity index (χ3v) is 3.96. The van der Waals surface area contributed by atoms with Gasteiger partial charge in [0.25, 0.3) is 0 Å². The van der Waals surface area contributed by atoms with Gasteiger partial charge in [-0.3, -0.25) is 11.3 Å². The van der Waals surface area contributed by atoms with Crippen molar-refractivity contribution in [2.24, 2.45) is 5.84 Å². The molecular weight excluding hydrogens is 198 g/mol. The van der Waals surface area contributed by atoms with Gasteiger partial charge in [0.05, 0.1) is 0 Å². The van der Waals surface area contributed by atoms with E-state index in [1.54, 1.807) is 0 Å². The molecule has 0 aromatic carbocycles. The lowest BCUT2D eigenvalue weighted by Gasteiger charge is -2.45. The van der Waals surface area contributed by atoms with Gasteiger partial charge in [-0.05, 0) is 39.8 Å². The van der Waals surface area contributed by atoms with Crippen LogP contribution in [0.15, 0.2) is 12.2 Å². The molecule has 0 aliphatic carbocycles. The molecule has 1 atom stereocenters. The van der Waals surface area contributed by atoms with Crippen LogP contribution in [0.5, 0.6) is 0 Å². The van der Waals surface area contributed by atoms with Gasteiger partial charge in [0.2, 0.25) is 0 Å². The van der Waals surface area contributed by atoms with Crippen LogP contribution in [-0.4, -0.2) is 30.6 Å². The zero-order chi connectivity index (χ0) is 12.8. The van der Waals surface area contributed by atoms with Gasteiger partial charge < -0.3 is 4.90 Å². The van der Waals surface area contributed by atoms with Gasteiger partial charge in [-0.1, -0.05) is 32.9 Å². The van der Waals surface area contributed by atoms with E-state index >= 15 is 0 Å². The Morgan fingerprint density at radius 3 is 2.06 bits per heavy atom. The SMILES string of the molecule is C=C(CC)CC(NN)C(CC)(CC)N(C)C. The van der Waals surface area contributed by atoms with Crippen LogP contribution in [0.25, 0.3) is 0 Å². The maximum atomic E-state index is 5.73. The van der Waals surface area contributed by atoms with E-state index in [1.807, 2.05) is 0 Å². The molecule has 0 bridgehead atoms. The fourth-order valence-corrected chi connectivity index (χ4v) is 2.52. The van der Waals surface area contributed by atoms with Gasteiger partial charge in [-0.25, -0.2) is 0 Å². The molecule has 16 heavy (non-hydrogen) atoms. The van der Waals surface area contributed by atoms with E-state index in [4.69, 9.17) is 5.84 Å². The van der Waals surface area contributed by atoms with E-state index in [0.717, 1.165) is 25.7 Å². The Bertz CT molecular complexity index is 207. The highest BCUT2D eigenvalue weighted by Crippen LogP contribution is 2.29. The lowest BCUT2D eigenvalue weighted by molar-refractivity contribution is 0.0880. The normalized spacial score (nSPS) is 14.2. The Kier molecular flexibility index (Phi) is 6.88. The van der Waals surface area contributed by atoms with Crippen molar-refractivity contribution in [3.8, 4) is 0 Å². The lowest BCUT2D eigenvalue weighted by Crippen LogP contribution is -2.60. The molecule has 0 aliphatic heterocycles. The molecule has 3 heteroatoms. The quantitative estimate of drug-likeness (QED) is 0.380. The van der Waals surface area contributed by atoms with E-state index in [0.29, 0.717) is 0 Å². The topological polar surface area (TPSA) is 41.3 Å². The molecule has 0 rings (SSSR count).